The van der Waals surface area contributed by atoms with Crippen LogP contribution in [0.2, 0.25) is 0 Å². The molecule has 0 saturated carbocycles. The van der Waals surface area contributed by atoms with Crippen LogP contribution in [0.5, 0.6) is 0 Å². The molecule has 0 aliphatic carbocycles. The van der Waals surface area contributed by atoms with E-state index in [1.807, 2.05) is 19.3 Å². The van der Waals surface area contributed by atoms with E-state index in [9.17, 15) is 0 Å². The minimum absolute atomic E-state index is 0.379. The molecular weight excluding hydrogens is 384 g/mol. The van der Waals surface area contributed by atoms with Gasteiger partial charge in [-0.3, -0.25) is 0 Å². The average molecular weight is 409 g/mol. The van der Waals surface area contributed by atoms with Crippen LogP contribution < -0.4 is 5.32 Å². The molecule has 1 saturated heterocycles. The Morgan fingerprint density at radius 2 is 1.74 bits per heavy atom. The lowest BCUT2D eigenvalue weighted by Gasteiger charge is -2.25. The summed E-state index contributed by atoms with van der Waals surface area (Å²) >= 11 is 0. The Balaban J connectivity index is 1.51. The van der Waals surface area contributed by atoms with E-state index < -0.39 is 0 Å². The molecule has 6 heteroatoms. The van der Waals surface area contributed by atoms with E-state index in [4.69, 9.17) is 9.97 Å². The summed E-state index contributed by atoms with van der Waals surface area (Å²) in [5, 5.41) is 5.93. The second-order valence-corrected chi connectivity index (χ2v) is 8.30. The number of aryl methyl sites for hydroxylation is 1. The zero-order chi connectivity index (χ0) is 20.8. The maximum Gasteiger partial charge on any atom is 0.160 e. The molecular formula is C25H24N6. The van der Waals surface area contributed by atoms with Crippen molar-refractivity contribution in [1.82, 2.24) is 29.8 Å². The first-order chi connectivity index (χ1) is 15.3. The Hall–Kier alpha value is -3.51. The lowest BCUT2D eigenvalue weighted by molar-refractivity contribution is 0.376. The number of benzene rings is 2. The Morgan fingerprint density at radius 3 is 2.55 bits per heavy atom. The summed E-state index contributed by atoms with van der Waals surface area (Å²) in [7, 11) is 0. The van der Waals surface area contributed by atoms with Crippen molar-refractivity contribution in [3.63, 3.8) is 0 Å². The molecule has 1 fully saturated rings. The number of hydrogen-bond acceptors (Lipinski definition) is 4. The Kier molecular flexibility index (Phi) is 4.32. The summed E-state index contributed by atoms with van der Waals surface area (Å²) in [6.45, 7) is 4.00. The zero-order valence-corrected chi connectivity index (χ0v) is 17.5. The topological polar surface area (TPSA) is 71.4 Å². The smallest absolute Gasteiger partial charge is 0.160 e. The number of aromatic amines is 1. The number of fused-ring (bicyclic) bond motifs is 2. The van der Waals surface area contributed by atoms with Crippen LogP contribution in [-0.4, -0.2) is 37.6 Å². The van der Waals surface area contributed by atoms with Crippen LogP contribution in [0.15, 0.2) is 60.9 Å². The van der Waals surface area contributed by atoms with E-state index in [0.29, 0.717) is 6.04 Å². The number of piperidine rings is 1. The van der Waals surface area contributed by atoms with Crippen LogP contribution in [0.1, 0.15) is 24.7 Å². The van der Waals surface area contributed by atoms with Gasteiger partial charge in [0.05, 0.1) is 6.20 Å². The standard InChI is InChI=1S/C25H24N6/c1-16-27-15-23(29-16)25-30-22-13-20(19-7-6-17-4-2-3-5-18(17)12-19)14-28-24(22)31(25)21-8-10-26-11-9-21/h2-7,12-15,21,26H,8-11H2,1H3,(H,27,29). The highest BCUT2D eigenvalue weighted by Crippen LogP contribution is 2.33. The molecule has 0 amide bonds. The van der Waals surface area contributed by atoms with Crippen molar-refractivity contribution in [2.45, 2.75) is 25.8 Å². The molecule has 3 aromatic heterocycles. The summed E-state index contributed by atoms with van der Waals surface area (Å²) in [5.41, 5.74) is 5.05. The molecule has 0 spiro atoms. The number of nitrogens with one attached hydrogen (secondary N) is 2. The van der Waals surface area contributed by atoms with Gasteiger partial charge in [-0.05, 0) is 61.3 Å². The van der Waals surface area contributed by atoms with Crippen molar-refractivity contribution >= 4 is 21.9 Å². The number of pyridine rings is 1. The summed E-state index contributed by atoms with van der Waals surface area (Å²) in [5.74, 6) is 1.81. The summed E-state index contributed by atoms with van der Waals surface area (Å²) in [6, 6.07) is 17.5. The lowest BCUT2D eigenvalue weighted by Crippen LogP contribution is -2.29. The van der Waals surface area contributed by atoms with E-state index in [2.05, 4.69) is 68.4 Å². The number of H-pyrrole nitrogens is 1. The SMILES string of the molecule is Cc1ncc(-c2nc3cc(-c4ccc5ccccc5c4)cnc3n2C2CCNCC2)[nH]1. The summed E-state index contributed by atoms with van der Waals surface area (Å²) in [4.78, 5) is 17.7. The van der Waals surface area contributed by atoms with Crippen molar-refractivity contribution < 1.29 is 0 Å². The molecule has 4 heterocycles. The Morgan fingerprint density at radius 1 is 0.903 bits per heavy atom. The van der Waals surface area contributed by atoms with E-state index in [-0.39, 0.29) is 0 Å². The van der Waals surface area contributed by atoms with Crippen molar-refractivity contribution in [1.29, 1.82) is 0 Å². The van der Waals surface area contributed by atoms with E-state index >= 15 is 0 Å². The van der Waals surface area contributed by atoms with Crippen molar-refractivity contribution in [2.24, 2.45) is 0 Å². The first kappa shape index (κ1) is 18.3. The number of rotatable bonds is 3. The highest BCUT2D eigenvalue weighted by Gasteiger charge is 2.24. The fourth-order valence-corrected chi connectivity index (χ4v) is 4.64. The number of imidazole rings is 2. The third-order valence-electron chi connectivity index (χ3n) is 6.23. The number of aromatic nitrogens is 5. The summed E-state index contributed by atoms with van der Waals surface area (Å²) in [6.07, 6.45) is 5.99. The highest BCUT2D eigenvalue weighted by atomic mass is 15.2. The largest absolute Gasteiger partial charge is 0.340 e. The number of nitrogens with zero attached hydrogens (tertiary/aromatic N) is 4. The maximum absolute atomic E-state index is 5.03. The van der Waals surface area contributed by atoms with Crippen LogP contribution in [0.4, 0.5) is 0 Å². The van der Waals surface area contributed by atoms with Gasteiger partial charge in [0.1, 0.15) is 17.0 Å². The Labute approximate surface area is 180 Å². The average Bonchev–Trinajstić information content (AvgIpc) is 3.42. The molecule has 1 aliphatic heterocycles. The van der Waals surface area contributed by atoms with Gasteiger partial charge in [0, 0.05) is 17.8 Å². The molecule has 0 unspecified atom stereocenters. The van der Waals surface area contributed by atoms with Gasteiger partial charge in [0.2, 0.25) is 0 Å². The summed E-state index contributed by atoms with van der Waals surface area (Å²) < 4.78 is 2.31. The molecule has 0 atom stereocenters. The lowest BCUT2D eigenvalue weighted by atomic mass is 10.0. The fraction of sp³-hybridized carbons (Fsp3) is 0.240. The van der Waals surface area contributed by atoms with Gasteiger partial charge in [-0.25, -0.2) is 15.0 Å². The van der Waals surface area contributed by atoms with Crippen LogP contribution in [0.3, 0.4) is 0 Å². The minimum Gasteiger partial charge on any atom is -0.340 e. The quantitative estimate of drug-likeness (QED) is 0.447. The molecule has 1 aliphatic rings. The second kappa shape index (κ2) is 7.32. The minimum atomic E-state index is 0.379. The van der Waals surface area contributed by atoms with Gasteiger partial charge in [0.25, 0.3) is 0 Å². The van der Waals surface area contributed by atoms with Gasteiger partial charge in [-0.1, -0.05) is 36.4 Å². The highest BCUT2D eigenvalue weighted by molar-refractivity contribution is 5.89. The molecule has 5 aromatic rings. The molecule has 6 rings (SSSR count). The van der Waals surface area contributed by atoms with E-state index in [1.54, 1.807) is 0 Å². The van der Waals surface area contributed by atoms with Crippen LogP contribution in [0.25, 0.3) is 44.6 Å². The van der Waals surface area contributed by atoms with Gasteiger partial charge in [0.15, 0.2) is 11.5 Å². The fourth-order valence-electron chi connectivity index (χ4n) is 4.64. The molecule has 31 heavy (non-hydrogen) atoms. The van der Waals surface area contributed by atoms with Crippen molar-refractivity contribution in [3.8, 4) is 22.6 Å². The molecule has 2 N–H and O–H groups in total. The predicted molar refractivity (Wildman–Crippen MR) is 124 cm³/mol. The predicted octanol–water partition coefficient (Wildman–Crippen LogP) is 4.87. The van der Waals surface area contributed by atoms with Crippen molar-refractivity contribution in [2.75, 3.05) is 13.1 Å². The van der Waals surface area contributed by atoms with Gasteiger partial charge in [-0.15, -0.1) is 0 Å². The van der Waals surface area contributed by atoms with E-state index in [1.165, 1.54) is 10.8 Å². The zero-order valence-electron chi connectivity index (χ0n) is 17.5. The molecule has 154 valence electrons. The third kappa shape index (κ3) is 3.20. The normalized spacial score (nSPS) is 15.1. The third-order valence-corrected chi connectivity index (χ3v) is 6.23. The number of hydrogen-bond donors (Lipinski definition) is 2. The van der Waals surface area contributed by atoms with Crippen LogP contribution >= 0.6 is 0 Å². The van der Waals surface area contributed by atoms with Gasteiger partial charge in [-0.2, -0.15) is 0 Å². The van der Waals surface area contributed by atoms with E-state index in [0.717, 1.165) is 65.6 Å². The Bertz CT molecular complexity index is 1390. The first-order valence-corrected chi connectivity index (χ1v) is 10.9. The van der Waals surface area contributed by atoms with Crippen LogP contribution in [-0.2, 0) is 0 Å². The van der Waals surface area contributed by atoms with Gasteiger partial charge < -0.3 is 14.9 Å². The maximum atomic E-state index is 5.03. The molecule has 0 bridgehead atoms. The molecule has 0 radical (unpaired) electrons. The monoisotopic (exact) mass is 408 g/mol. The van der Waals surface area contributed by atoms with Crippen molar-refractivity contribution in [3.05, 3.63) is 66.7 Å². The molecule has 6 nitrogen and oxygen atoms in total. The van der Waals surface area contributed by atoms with Gasteiger partial charge >= 0.3 is 0 Å². The molecule has 2 aromatic carbocycles. The second-order valence-electron chi connectivity index (χ2n) is 8.30. The first-order valence-electron chi connectivity index (χ1n) is 10.9. The van der Waals surface area contributed by atoms with Crippen LogP contribution in [0, 0.1) is 6.92 Å².